The molecule has 0 rings (SSSR count). The Bertz CT molecular complexity index is 169. The van der Waals surface area contributed by atoms with Gasteiger partial charge in [-0.25, -0.2) is 0 Å². The third kappa shape index (κ3) is 5.74. The van der Waals surface area contributed by atoms with Crippen molar-refractivity contribution in [2.75, 3.05) is 26.7 Å². The predicted molar refractivity (Wildman–Crippen MR) is 63.7 cm³/mol. The van der Waals surface area contributed by atoms with Gasteiger partial charge in [-0.3, -0.25) is 9.69 Å². The first kappa shape index (κ1) is 14.4. The average Bonchev–Trinajstić information content (AvgIpc) is 2.26. The zero-order valence-corrected chi connectivity index (χ0v) is 10.3. The van der Waals surface area contributed by atoms with Crippen LogP contribution in [0.1, 0.15) is 33.1 Å². The summed E-state index contributed by atoms with van der Waals surface area (Å²) in [5.41, 5.74) is 5.57. The van der Waals surface area contributed by atoms with Gasteiger partial charge in [-0.2, -0.15) is 0 Å². The summed E-state index contributed by atoms with van der Waals surface area (Å²) in [5, 5.41) is 2.64. The first-order valence-electron chi connectivity index (χ1n) is 5.84. The van der Waals surface area contributed by atoms with E-state index in [0.717, 1.165) is 25.9 Å². The normalized spacial score (nSPS) is 11.1. The van der Waals surface area contributed by atoms with Crippen LogP contribution in [0.5, 0.6) is 0 Å². The van der Waals surface area contributed by atoms with Crippen LogP contribution in [0.3, 0.4) is 0 Å². The number of carbonyl (C=O) groups is 1. The first-order valence-corrected chi connectivity index (χ1v) is 5.84. The van der Waals surface area contributed by atoms with E-state index in [-0.39, 0.29) is 5.91 Å². The molecule has 1 amide bonds. The Morgan fingerprint density at radius 3 is 2.33 bits per heavy atom. The molecule has 0 fully saturated rings. The minimum absolute atomic E-state index is 0.1000. The van der Waals surface area contributed by atoms with Gasteiger partial charge in [0.25, 0.3) is 0 Å². The Balaban J connectivity index is 4.07. The third-order valence-corrected chi connectivity index (χ3v) is 2.78. The van der Waals surface area contributed by atoms with Crippen LogP contribution in [0.2, 0.25) is 0 Å². The third-order valence-electron chi connectivity index (χ3n) is 2.78. The molecule has 0 aliphatic heterocycles. The molecule has 0 heterocycles. The van der Waals surface area contributed by atoms with Crippen molar-refractivity contribution in [3.05, 3.63) is 0 Å². The van der Waals surface area contributed by atoms with Gasteiger partial charge >= 0.3 is 0 Å². The average molecular weight is 215 g/mol. The van der Waals surface area contributed by atoms with Crippen molar-refractivity contribution in [3.63, 3.8) is 0 Å². The zero-order valence-electron chi connectivity index (χ0n) is 10.3. The summed E-state index contributed by atoms with van der Waals surface area (Å²) in [5.74, 6) is 0.1000. The maximum Gasteiger partial charge on any atom is 0.221 e. The summed E-state index contributed by atoms with van der Waals surface area (Å²) in [6.07, 6.45) is 2.79. The smallest absolute Gasteiger partial charge is 0.221 e. The molecule has 4 nitrogen and oxygen atoms in total. The number of carbonyl (C=O) groups excluding carboxylic acids is 1. The Kier molecular flexibility index (Phi) is 8.33. The van der Waals surface area contributed by atoms with Gasteiger partial charge in [0.15, 0.2) is 0 Å². The van der Waals surface area contributed by atoms with Gasteiger partial charge in [0.05, 0.1) is 0 Å². The number of nitrogens with zero attached hydrogens (tertiary/aromatic N) is 1. The highest BCUT2D eigenvalue weighted by Crippen LogP contribution is 2.08. The molecule has 4 heteroatoms. The highest BCUT2D eigenvalue weighted by atomic mass is 16.1. The van der Waals surface area contributed by atoms with Crippen LogP contribution in [0, 0.1) is 0 Å². The van der Waals surface area contributed by atoms with Crippen LogP contribution >= 0.6 is 0 Å². The Labute approximate surface area is 93.2 Å². The van der Waals surface area contributed by atoms with E-state index in [1.54, 1.807) is 7.05 Å². The minimum Gasteiger partial charge on any atom is -0.359 e. The lowest BCUT2D eigenvalue weighted by atomic mass is 10.1. The van der Waals surface area contributed by atoms with Crippen LogP contribution < -0.4 is 11.1 Å². The molecule has 0 aromatic carbocycles. The van der Waals surface area contributed by atoms with Crippen molar-refractivity contribution in [3.8, 4) is 0 Å². The standard InChI is InChI=1S/C11H25N3O/c1-4-10(5-2)14(9-7-12)8-6-11(15)13-3/h10H,4-9,12H2,1-3H3,(H,13,15). The van der Waals surface area contributed by atoms with Crippen LogP contribution in [-0.4, -0.2) is 43.5 Å². The van der Waals surface area contributed by atoms with Gasteiger partial charge in [-0.05, 0) is 12.8 Å². The number of nitrogens with two attached hydrogens (primary N) is 1. The van der Waals surface area contributed by atoms with E-state index in [1.165, 1.54) is 0 Å². The predicted octanol–water partition coefficient (Wildman–Crippen LogP) is 0.572. The number of hydrogen-bond donors (Lipinski definition) is 2. The van der Waals surface area contributed by atoms with E-state index in [0.29, 0.717) is 19.0 Å². The fourth-order valence-corrected chi connectivity index (χ4v) is 1.82. The zero-order chi connectivity index (χ0) is 11.7. The molecule has 15 heavy (non-hydrogen) atoms. The van der Waals surface area contributed by atoms with E-state index in [2.05, 4.69) is 24.1 Å². The Hall–Kier alpha value is -0.610. The largest absolute Gasteiger partial charge is 0.359 e. The van der Waals surface area contributed by atoms with Crippen molar-refractivity contribution in [2.24, 2.45) is 5.73 Å². The van der Waals surface area contributed by atoms with Gasteiger partial charge in [0, 0.05) is 39.1 Å². The second-order valence-electron chi connectivity index (χ2n) is 3.72. The highest BCUT2D eigenvalue weighted by Gasteiger charge is 2.14. The van der Waals surface area contributed by atoms with Crippen molar-refractivity contribution in [2.45, 2.75) is 39.2 Å². The molecular formula is C11H25N3O. The van der Waals surface area contributed by atoms with Gasteiger partial charge < -0.3 is 11.1 Å². The molecule has 0 radical (unpaired) electrons. The second kappa shape index (κ2) is 8.68. The summed E-state index contributed by atoms with van der Waals surface area (Å²) in [4.78, 5) is 13.5. The number of rotatable bonds is 8. The molecule has 0 bridgehead atoms. The van der Waals surface area contributed by atoms with E-state index < -0.39 is 0 Å². The summed E-state index contributed by atoms with van der Waals surface area (Å²) in [7, 11) is 1.67. The lowest BCUT2D eigenvalue weighted by Crippen LogP contribution is -2.40. The molecule has 0 saturated heterocycles. The number of hydrogen-bond acceptors (Lipinski definition) is 3. The van der Waals surface area contributed by atoms with Crippen molar-refractivity contribution in [1.82, 2.24) is 10.2 Å². The first-order chi connectivity index (χ1) is 7.19. The molecule has 3 N–H and O–H groups in total. The van der Waals surface area contributed by atoms with Crippen molar-refractivity contribution >= 4 is 5.91 Å². The molecule has 0 aliphatic rings. The van der Waals surface area contributed by atoms with Crippen LogP contribution in [0.4, 0.5) is 0 Å². The number of amides is 1. The van der Waals surface area contributed by atoms with Gasteiger partial charge in [-0.1, -0.05) is 13.8 Å². The number of nitrogens with one attached hydrogen (secondary N) is 1. The molecule has 0 spiro atoms. The van der Waals surface area contributed by atoms with Gasteiger partial charge in [-0.15, -0.1) is 0 Å². The monoisotopic (exact) mass is 215 g/mol. The highest BCUT2D eigenvalue weighted by molar-refractivity contribution is 5.75. The molecule has 0 unspecified atom stereocenters. The molecular weight excluding hydrogens is 190 g/mol. The molecule has 0 aromatic rings. The fraction of sp³-hybridized carbons (Fsp3) is 0.909. The fourth-order valence-electron chi connectivity index (χ4n) is 1.82. The van der Waals surface area contributed by atoms with Crippen molar-refractivity contribution < 1.29 is 4.79 Å². The molecule has 90 valence electrons. The Morgan fingerprint density at radius 1 is 1.33 bits per heavy atom. The summed E-state index contributed by atoms with van der Waals surface area (Å²) >= 11 is 0. The van der Waals surface area contributed by atoms with Crippen LogP contribution in [0.25, 0.3) is 0 Å². The van der Waals surface area contributed by atoms with Gasteiger partial charge in [0.1, 0.15) is 0 Å². The lowest BCUT2D eigenvalue weighted by Gasteiger charge is -2.29. The molecule has 0 aromatic heterocycles. The summed E-state index contributed by atoms with van der Waals surface area (Å²) < 4.78 is 0. The Morgan fingerprint density at radius 2 is 1.93 bits per heavy atom. The lowest BCUT2D eigenvalue weighted by molar-refractivity contribution is -0.121. The molecule has 0 atom stereocenters. The van der Waals surface area contributed by atoms with E-state index in [9.17, 15) is 4.79 Å². The van der Waals surface area contributed by atoms with E-state index in [1.807, 2.05) is 0 Å². The summed E-state index contributed by atoms with van der Waals surface area (Å²) in [6, 6.07) is 0.554. The summed E-state index contributed by atoms with van der Waals surface area (Å²) in [6.45, 7) is 6.70. The van der Waals surface area contributed by atoms with Gasteiger partial charge in [0.2, 0.25) is 5.91 Å². The van der Waals surface area contributed by atoms with Crippen LogP contribution in [0.15, 0.2) is 0 Å². The SMILES string of the molecule is CCC(CC)N(CCN)CCC(=O)NC. The van der Waals surface area contributed by atoms with E-state index >= 15 is 0 Å². The van der Waals surface area contributed by atoms with E-state index in [4.69, 9.17) is 5.73 Å². The topological polar surface area (TPSA) is 58.4 Å². The molecule has 0 aliphatic carbocycles. The molecule has 0 saturated carbocycles. The quantitative estimate of drug-likeness (QED) is 0.622. The second-order valence-corrected chi connectivity index (χ2v) is 3.72. The maximum atomic E-state index is 11.2. The van der Waals surface area contributed by atoms with Crippen molar-refractivity contribution in [1.29, 1.82) is 0 Å². The van der Waals surface area contributed by atoms with Crippen LogP contribution in [-0.2, 0) is 4.79 Å². The maximum absolute atomic E-state index is 11.2. The minimum atomic E-state index is 0.1000.